The molecule has 1 amide bonds. The van der Waals surface area contributed by atoms with Crippen LogP contribution in [0.3, 0.4) is 0 Å². The molecule has 0 saturated carbocycles. The lowest BCUT2D eigenvalue weighted by atomic mass is 9.80. The summed E-state index contributed by atoms with van der Waals surface area (Å²) in [6.07, 6.45) is 2.06. The predicted octanol–water partition coefficient (Wildman–Crippen LogP) is 1.19. The van der Waals surface area contributed by atoms with Crippen LogP contribution >= 0.6 is 0 Å². The second kappa shape index (κ2) is 8.21. The lowest BCUT2D eigenvalue weighted by molar-refractivity contribution is -0.154. The summed E-state index contributed by atoms with van der Waals surface area (Å²) in [6.45, 7) is 5.48. The monoisotopic (exact) mass is 287 g/mol. The molecule has 0 bridgehead atoms. The van der Waals surface area contributed by atoms with Gasteiger partial charge in [0, 0.05) is 32.8 Å². The van der Waals surface area contributed by atoms with Crippen LogP contribution in [0.4, 0.5) is 0 Å². The zero-order valence-electron chi connectivity index (χ0n) is 12.3. The largest absolute Gasteiger partial charge is 0.481 e. The number of carboxylic acid groups (broad SMARTS) is 1. The summed E-state index contributed by atoms with van der Waals surface area (Å²) in [5.74, 6) is -0.978. The molecule has 2 N–H and O–H groups in total. The number of carbonyl (C=O) groups is 2. The summed E-state index contributed by atoms with van der Waals surface area (Å²) in [4.78, 5) is 23.1. The Morgan fingerprint density at radius 3 is 2.55 bits per heavy atom. The molecule has 1 aliphatic rings. The van der Waals surface area contributed by atoms with Gasteiger partial charge in [0.15, 0.2) is 0 Å². The van der Waals surface area contributed by atoms with Crippen LogP contribution in [-0.4, -0.2) is 49.5 Å². The van der Waals surface area contributed by atoms with E-state index < -0.39 is 11.4 Å². The fraction of sp³-hybridized carbons (Fsp3) is 0.857. The van der Waals surface area contributed by atoms with Crippen LogP contribution in [0.15, 0.2) is 0 Å². The van der Waals surface area contributed by atoms with Gasteiger partial charge in [-0.3, -0.25) is 9.59 Å². The van der Waals surface area contributed by atoms with Gasteiger partial charge in [-0.25, -0.2) is 0 Å². The molecule has 0 spiro atoms. The van der Waals surface area contributed by atoms with Crippen molar-refractivity contribution >= 4 is 11.9 Å². The van der Waals surface area contributed by atoms with Crippen LogP contribution in [-0.2, 0) is 19.1 Å². The zero-order valence-corrected chi connectivity index (χ0v) is 12.3. The van der Waals surface area contributed by atoms with Gasteiger partial charge in [0.1, 0.15) is 0 Å². The third-order valence-corrected chi connectivity index (χ3v) is 3.53. The van der Waals surface area contributed by atoms with Crippen LogP contribution in [0.1, 0.15) is 39.5 Å². The fourth-order valence-corrected chi connectivity index (χ4v) is 2.14. The highest BCUT2D eigenvalue weighted by Gasteiger charge is 2.40. The Balaban J connectivity index is 2.29. The highest BCUT2D eigenvalue weighted by Crippen LogP contribution is 2.30. The number of rotatable bonds is 8. The first kappa shape index (κ1) is 16.9. The Kier molecular flexibility index (Phi) is 6.95. The first-order chi connectivity index (χ1) is 9.46. The van der Waals surface area contributed by atoms with E-state index in [1.165, 1.54) is 0 Å². The van der Waals surface area contributed by atoms with Crippen molar-refractivity contribution in [3.63, 3.8) is 0 Å². The van der Waals surface area contributed by atoms with E-state index in [-0.39, 0.29) is 18.6 Å². The molecular formula is C14H25NO5. The van der Waals surface area contributed by atoms with Gasteiger partial charge >= 0.3 is 5.97 Å². The van der Waals surface area contributed by atoms with E-state index in [1.807, 2.05) is 13.8 Å². The molecule has 20 heavy (non-hydrogen) atoms. The van der Waals surface area contributed by atoms with Gasteiger partial charge in [-0.15, -0.1) is 0 Å². The Morgan fingerprint density at radius 2 is 2.00 bits per heavy atom. The molecule has 1 aliphatic heterocycles. The van der Waals surface area contributed by atoms with Crippen molar-refractivity contribution in [2.75, 3.05) is 26.4 Å². The average molecular weight is 287 g/mol. The number of hydrogen-bond donors (Lipinski definition) is 2. The minimum Gasteiger partial charge on any atom is -0.481 e. The van der Waals surface area contributed by atoms with Gasteiger partial charge in [0.2, 0.25) is 5.91 Å². The molecule has 6 nitrogen and oxygen atoms in total. The maximum atomic E-state index is 11.7. The van der Waals surface area contributed by atoms with Gasteiger partial charge in [-0.05, 0) is 33.1 Å². The van der Waals surface area contributed by atoms with Crippen molar-refractivity contribution in [3.8, 4) is 0 Å². The maximum absolute atomic E-state index is 11.7. The molecular weight excluding hydrogens is 262 g/mol. The van der Waals surface area contributed by atoms with E-state index in [0.29, 0.717) is 45.5 Å². The Hall–Kier alpha value is -1.14. The molecule has 0 aromatic heterocycles. The third kappa shape index (κ3) is 5.46. The quantitative estimate of drug-likeness (QED) is 0.655. The average Bonchev–Trinajstić information content (AvgIpc) is 2.42. The van der Waals surface area contributed by atoms with Gasteiger partial charge in [0.05, 0.1) is 11.5 Å². The summed E-state index contributed by atoms with van der Waals surface area (Å²) in [6, 6.07) is 0. The lowest BCUT2D eigenvalue weighted by Crippen LogP contribution is -2.46. The second-order valence-electron chi connectivity index (χ2n) is 5.50. The molecule has 6 heteroatoms. The third-order valence-electron chi connectivity index (χ3n) is 3.53. The van der Waals surface area contributed by atoms with Gasteiger partial charge in [-0.2, -0.15) is 0 Å². The molecule has 0 aliphatic carbocycles. The number of nitrogens with one attached hydrogen (secondary N) is 1. The van der Waals surface area contributed by atoms with E-state index in [2.05, 4.69) is 5.32 Å². The minimum absolute atomic E-state index is 0.121. The highest BCUT2D eigenvalue weighted by atomic mass is 16.5. The molecule has 0 unspecified atom stereocenters. The fourth-order valence-electron chi connectivity index (χ4n) is 2.14. The molecule has 0 aromatic carbocycles. The topological polar surface area (TPSA) is 84.9 Å². The predicted molar refractivity (Wildman–Crippen MR) is 73.5 cm³/mol. The molecule has 1 rings (SSSR count). The van der Waals surface area contributed by atoms with Crippen LogP contribution in [0.5, 0.6) is 0 Å². The number of aliphatic carboxylic acids is 1. The Morgan fingerprint density at radius 1 is 1.35 bits per heavy atom. The van der Waals surface area contributed by atoms with E-state index in [0.717, 1.165) is 0 Å². The molecule has 1 heterocycles. The smallest absolute Gasteiger partial charge is 0.311 e. The molecule has 0 atom stereocenters. The lowest BCUT2D eigenvalue weighted by Gasteiger charge is -2.33. The van der Waals surface area contributed by atoms with Crippen LogP contribution in [0.2, 0.25) is 0 Å². The van der Waals surface area contributed by atoms with Gasteiger partial charge in [0.25, 0.3) is 0 Å². The van der Waals surface area contributed by atoms with Crippen molar-refractivity contribution in [3.05, 3.63) is 0 Å². The first-order valence-electron chi connectivity index (χ1n) is 7.16. The van der Waals surface area contributed by atoms with Gasteiger partial charge in [-0.1, -0.05) is 0 Å². The van der Waals surface area contributed by atoms with Crippen LogP contribution < -0.4 is 5.32 Å². The van der Waals surface area contributed by atoms with E-state index in [4.69, 9.17) is 9.47 Å². The zero-order chi connectivity index (χ0) is 15.0. The highest BCUT2D eigenvalue weighted by molar-refractivity contribution is 5.79. The number of hydrogen-bond acceptors (Lipinski definition) is 4. The summed E-state index contributed by atoms with van der Waals surface area (Å²) >= 11 is 0. The molecule has 1 fully saturated rings. The van der Waals surface area contributed by atoms with E-state index in [9.17, 15) is 14.7 Å². The van der Waals surface area contributed by atoms with Crippen molar-refractivity contribution < 1.29 is 24.2 Å². The summed E-state index contributed by atoms with van der Waals surface area (Å²) < 4.78 is 10.5. The van der Waals surface area contributed by atoms with E-state index >= 15 is 0 Å². The molecule has 1 saturated heterocycles. The number of carboxylic acids is 1. The van der Waals surface area contributed by atoms with Crippen molar-refractivity contribution in [2.24, 2.45) is 5.41 Å². The van der Waals surface area contributed by atoms with Crippen LogP contribution in [0, 0.1) is 5.41 Å². The van der Waals surface area contributed by atoms with Crippen molar-refractivity contribution in [1.82, 2.24) is 5.32 Å². The van der Waals surface area contributed by atoms with Crippen molar-refractivity contribution in [1.29, 1.82) is 0 Å². The molecule has 0 radical (unpaired) electrons. The van der Waals surface area contributed by atoms with Crippen LogP contribution in [0.25, 0.3) is 0 Å². The molecule has 116 valence electrons. The second-order valence-corrected chi connectivity index (χ2v) is 5.50. The normalized spacial score (nSPS) is 17.9. The minimum atomic E-state index is -0.873. The Labute approximate surface area is 119 Å². The first-order valence-corrected chi connectivity index (χ1v) is 7.16. The number of ether oxygens (including phenoxy) is 2. The molecule has 0 aromatic rings. The maximum Gasteiger partial charge on any atom is 0.311 e. The van der Waals surface area contributed by atoms with E-state index in [1.54, 1.807) is 0 Å². The summed E-state index contributed by atoms with van der Waals surface area (Å²) in [5.41, 5.74) is -0.873. The SMILES string of the molecule is CC(C)OCCCC(=O)NCC1(C(=O)O)CCOCC1. The summed E-state index contributed by atoms with van der Waals surface area (Å²) in [7, 11) is 0. The number of amides is 1. The standard InChI is InChI=1S/C14H25NO5/c1-11(2)20-7-3-4-12(16)15-10-14(13(17)18)5-8-19-9-6-14/h11H,3-10H2,1-2H3,(H,15,16)(H,17,18). The number of carbonyl (C=O) groups excluding carboxylic acids is 1. The van der Waals surface area contributed by atoms with Gasteiger partial charge < -0.3 is 19.9 Å². The summed E-state index contributed by atoms with van der Waals surface area (Å²) in [5, 5.41) is 12.1. The van der Waals surface area contributed by atoms with Crippen molar-refractivity contribution in [2.45, 2.75) is 45.6 Å². The Bertz CT molecular complexity index is 324.